The molecular weight excluding hydrogens is 420 g/mol. The molecule has 0 radical (unpaired) electrons. The number of nitrogens with zero attached hydrogens (tertiary/aromatic N) is 1. The fraction of sp³-hybridized carbons (Fsp3) is 0.192. The number of hydrogen-bond donors (Lipinski definition) is 1. The van der Waals surface area contributed by atoms with E-state index in [1.807, 2.05) is 66.7 Å². The monoisotopic (exact) mass is 442 g/mol. The lowest BCUT2D eigenvalue weighted by Gasteiger charge is -2.15. The van der Waals surface area contributed by atoms with Crippen molar-refractivity contribution in [3.63, 3.8) is 0 Å². The molecule has 1 aliphatic carbocycles. The molecule has 1 aliphatic heterocycles. The molecule has 5 rings (SSSR count). The predicted molar refractivity (Wildman–Crippen MR) is 128 cm³/mol. The van der Waals surface area contributed by atoms with Crippen LogP contribution in [0.3, 0.4) is 0 Å². The number of fused-ring (bicyclic) bond motifs is 2. The fourth-order valence-corrected chi connectivity index (χ4v) is 5.06. The number of benzene rings is 3. The van der Waals surface area contributed by atoms with Crippen molar-refractivity contribution in [2.45, 2.75) is 17.7 Å². The Hall–Kier alpha value is -3.38. The predicted octanol–water partition coefficient (Wildman–Crippen LogP) is 5.03. The van der Waals surface area contributed by atoms with Gasteiger partial charge in [-0.15, -0.1) is 11.8 Å². The third kappa shape index (κ3) is 3.94. The first kappa shape index (κ1) is 20.5. The molecule has 0 spiro atoms. The highest BCUT2D eigenvalue weighted by Gasteiger charge is 2.47. The molecule has 6 heteroatoms. The average Bonchev–Trinajstić information content (AvgIpc) is 3.08. The Morgan fingerprint density at radius 1 is 0.875 bits per heavy atom. The molecule has 3 aromatic rings. The number of allylic oxidation sites excluding steroid dienone is 2. The highest BCUT2D eigenvalue weighted by Crippen LogP contribution is 2.38. The zero-order valence-electron chi connectivity index (χ0n) is 17.4. The Labute approximate surface area is 190 Å². The third-order valence-corrected chi connectivity index (χ3v) is 7.02. The molecule has 0 aromatic heterocycles. The standard InChI is InChI=1S/C26H22N2O3S/c29-24(27-19-10-9-17-5-1-2-6-18(17)15-19)16-32-21-13-11-20(12-14-21)28-25(30)22-7-3-4-8-23(22)26(28)31/h1-6,9-15,22-23H,7-8,16H2,(H,27,29)/t22-,23-/m1/s1. The van der Waals surface area contributed by atoms with Crippen LogP contribution in [0, 0.1) is 11.8 Å². The van der Waals surface area contributed by atoms with Crippen molar-refractivity contribution in [3.8, 4) is 0 Å². The summed E-state index contributed by atoms with van der Waals surface area (Å²) < 4.78 is 0. The Morgan fingerprint density at radius 3 is 2.22 bits per heavy atom. The number of thioether (sulfide) groups is 1. The van der Waals surface area contributed by atoms with Crippen molar-refractivity contribution in [1.29, 1.82) is 0 Å². The number of carbonyl (C=O) groups excluding carboxylic acids is 3. The lowest BCUT2D eigenvalue weighted by molar-refractivity contribution is -0.122. The number of hydrogen-bond acceptors (Lipinski definition) is 4. The minimum absolute atomic E-state index is 0.0872. The van der Waals surface area contributed by atoms with Crippen LogP contribution < -0.4 is 10.2 Å². The molecule has 0 unspecified atom stereocenters. The van der Waals surface area contributed by atoms with Crippen LogP contribution in [0.1, 0.15) is 12.8 Å². The Bertz CT molecular complexity index is 1210. The van der Waals surface area contributed by atoms with E-state index in [0.29, 0.717) is 18.5 Å². The van der Waals surface area contributed by atoms with Gasteiger partial charge in [0.1, 0.15) is 0 Å². The summed E-state index contributed by atoms with van der Waals surface area (Å²) >= 11 is 1.41. The van der Waals surface area contributed by atoms with Gasteiger partial charge in [-0.05, 0) is 60.0 Å². The number of rotatable bonds is 5. The van der Waals surface area contributed by atoms with Crippen LogP contribution in [-0.4, -0.2) is 23.5 Å². The van der Waals surface area contributed by atoms with E-state index in [1.54, 1.807) is 12.1 Å². The molecule has 1 heterocycles. The van der Waals surface area contributed by atoms with Crippen LogP contribution in [0.15, 0.2) is 83.8 Å². The molecule has 1 saturated heterocycles. The second-order valence-electron chi connectivity index (χ2n) is 8.06. The van der Waals surface area contributed by atoms with E-state index >= 15 is 0 Å². The van der Waals surface area contributed by atoms with Gasteiger partial charge in [0.25, 0.3) is 0 Å². The van der Waals surface area contributed by atoms with Crippen LogP contribution in [-0.2, 0) is 14.4 Å². The van der Waals surface area contributed by atoms with Crippen LogP contribution in [0.5, 0.6) is 0 Å². The number of carbonyl (C=O) groups is 3. The summed E-state index contributed by atoms with van der Waals surface area (Å²) in [5.41, 5.74) is 1.37. The second kappa shape index (κ2) is 8.63. The topological polar surface area (TPSA) is 66.5 Å². The van der Waals surface area contributed by atoms with Crippen molar-refractivity contribution in [3.05, 3.63) is 78.9 Å². The van der Waals surface area contributed by atoms with Crippen LogP contribution in [0.4, 0.5) is 11.4 Å². The molecular formula is C26H22N2O3S. The van der Waals surface area contributed by atoms with E-state index in [2.05, 4.69) is 5.32 Å². The van der Waals surface area contributed by atoms with E-state index in [4.69, 9.17) is 0 Å². The average molecular weight is 443 g/mol. The number of imide groups is 1. The van der Waals surface area contributed by atoms with Gasteiger partial charge in [-0.25, -0.2) is 0 Å². The lowest BCUT2D eigenvalue weighted by atomic mass is 9.85. The first-order valence-corrected chi connectivity index (χ1v) is 11.6. The zero-order chi connectivity index (χ0) is 22.1. The summed E-state index contributed by atoms with van der Waals surface area (Å²) in [5, 5.41) is 5.15. The van der Waals surface area contributed by atoms with Crippen LogP contribution in [0.2, 0.25) is 0 Å². The summed E-state index contributed by atoms with van der Waals surface area (Å²) in [5.74, 6) is -0.514. The van der Waals surface area contributed by atoms with Gasteiger partial charge in [0.05, 0.1) is 23.3 Å². The molecule has 1 N–H and O–H groups in total. The van der Waals surface area contributed by atoms with Gasteiger partial charge >= 0.3 is 0 Å². The van der Waals surface area contributed by atoms with E-state index < -0.39 is 0 Å². The molecule has 5 nitrogen and oxygen atoms in total. The number of anilines is 2. The Balaban J connectivity index is 1.20. The first-order chi connectivity index (χ1) is 15.6. The summed E-state index contributed by atoms with van der Waals surface area (Å²) in [7, 11) is 0. The molecule has 3 aromatic carbocycles. The van der Waals surface area contributed by atoms with Gasteiger partial charge in [-0.2, -0.15) is 0 Å². The van der Waals surface area contributed by atoms with Gasteiger partial charge < -0.3 is 5.32 Å². The number of amides is 3. The van der Waals surface area contributed by atoms with Gasteiger partial charge in [0, 0.05) is 10.6 Å². The van der Waals surface area contributed by atoms with Crippen molar-refractivity contribution in [1.82, 2.24) is 0 Å². The summed E-state index contributed by atoms with van der Waals surface area (Å²) in [6, 6.07) is 21.1. The molecule has 2 atom stereocenters. The highest BCUT2D eigenvalue weighted by molar-refractivity contribution is 8.00. The van der Waals surface area contributed by atoms with Gasteiger partial charge in [-0.3, -0.25) is 19.3 Å². The normalized spacial score (nSPS) is 19.9. The lowest BCUT2D eigenvalue weighted by Crippen LogP contribution is -2.30. The van der Waals surface area contributed by atoms with Gasteiger partial charge in [0.15, 0.2) is 0 Å². The minimum Gasteiger partial charge on any atom is -0.325 e. The summed E-state index contributed by atoms with van der Waals surface area (Å²) in [6.45, 7) is 0. The fourth-order valence-electron chi connectivity index (χ4n) is 4.36. The molecule has 0 saturated carbocycles. The Kier molecular flexibility index (Phi) is 5.53. The van der Waals surface area contributed by atoms with Crippen molar-refractivity contribution < 1.29 is 14.4 Å². The van der Waals surface area contributed by atoms with E-state index in [0.717, 1.165) is 21.4 Å². The van der Waals surface area contributed by atoms with E-state index in [9.17, 15) is 14.4 Å². The van der Waals surface area contributed by atoms with Gasteiger partial charge in [-0.1, -0.05) is 42.5 Å². The second-order valence-corrected chi connectivity index (χ2v) is 9.11. The van der Waals surface area contributed by atoms with Gasteiger partial charge in [0.2, 0.25) is 17.7 Å². The molecule has 0 bridgehead atoms. The van der Waals surface area contributed by atoms with Crippen LogP contribution in [0.25, 0.3) is 10.8 Å². The maximum absolute atomic E-state index is 12.7. The van der Waals surface area contributed by atoms with Crippen molar-refractivity contribution >= 4 is 51.6 Å². The van der Waals surface area contributed by atoms with E-state index in [-0.39, 0.29) is 35.3 Å². The maximum Gasteiger partial charge on any atom is 0.238 e. The largest absolute Gasteiger partial charge is 0.325 e. The molecule has 160 valence electrons. The maximum atomic E-state index is 12.7. The van der Waals surface area contributed by atoms with Crippen LogP contribution >= 0.6 is 11.8 Å². The molecule has 2 aliphatic rings. The summed E-state index contributed by atoms with van der Waals surface area (Å²) in [6.07, 6.45) is 5.23. The van der Waals surface area contributed by atoms with E-state index in [1.165, 1.54) is 16.7 Å². The zero-order valence-corrected chi connectivity index (χ0v) is 18.2. The number of nitrogens with one attached hydrogen (secondary N) is 1. The Morgan fingerprint density at radius 2 is 1.53 bits per heavy atom. The van der Waals surface area contributed by atoms with Crippen molar-refractivity contribution in [2.24, 2.45) is 11.8 Å². The molecule has 32 heavy (non-hydrogen) atoms. The molecule has 3 amide bonds. The highest BCUT2D eigenvalue weighted by atomic mass is 32.2. The third-order valence-electron chi connectivity index (χ3n) is 6.01. The minimum atomic E-state index is -0.236. The molecule has 1 fully saturated rings. The van der Waals surface area contributed by atoms with Crippen molar-refractivity contribution in [2.75, 3.05) is 16.0 Å². The quantitative estimate of drug-likeness (QED) is 0.342. The SMILES string of the molecule is O=C(CSc1ccc(N2C(=O)[C@@H]3CC=CC[C@H]3C2=O)cc1)Nc1ccc2ccccc2c1. The summed E-state index contributed by atoms with van der Waals surface area (Å²) in [4.78, 5) is 40.1. The first-order valence-electron chi connectivity index (χ1n) is 10.6. The smallest absolute Gasteiger partial charge is 0.238 e.